The van der Waals surface area contributed by atoms with E-state index in [9.17, 15) is 14.4 Å². The van der Waals surface area contributed by atoms with Crippen LogP contribution in [0.3, 0.4) is 0 Å². The summed E-state index contributed by atoms with van der Waals surface area (Å²) in [4.78, 5) is 40.6. The molecule has 208 valence electrons. The van der Waals surface area contributed by atoms with Crippen LogP contribution in [0.2, 0.25) is 0 Å². The van der Waals surface area contributed by atoms with E-state index < -0.39 is 29.9 Å². The zero-order chi connectivity index (χ0) is 28.4. The van der Waals surface area contributed by atoms with E-state index in [1.54, 1.807) is 51.2 Å². The number of amides is 4. The SMILES string of the molecule is CCC(CNC(=O)OC(C)(C)C)OC(=O)NCc1cccc(NC(=O)Nc2ccc(-c3cnco3)c(C)c2)c1. The predicted octanol–water partition coefficient (Wildman–Crippen LogP) is 5.82. The molecule has 4 N–H and O–H groups in total. The van der Waals surface area contributed by atoms with Gasteiger partial charge in [0.15, 0.2) is 12.2 Å². The number of nitrogens with one attached hydrogen (secondary N) is 4. The Morgan fingerprint density at radius 1 is 1.00 bits per heavy atom. The predicted molar refractivity (Wildman–Crippen MR) is 147 cm³/mol. The van der Waals surface area contributed by atoms with Gasteiger partial charge < -0.3 is 35.2 Å². The van der Waals surface area contributed by atoms with Crippen LogP contribution >= 0.6 is 0 Å². The third kappa shape index (κ3) is 9.69. The summed E-state index contributed by atoms with van der Waals surface area (Å²) in [6.07, 6.45) is 1.82. The first-order valence-corrected chi connectivity index (χ1v) is 12.6. The summed E-state index contributed by atoms with van der Waals surface area (Å²) in [7, 11) is 0. The molecule has 11 heteroatoms. The molecule has 1 heterocycles. The Labute approximate surface area is 227 Å². The summed E-state index contributed by atoms with van der Waals surface area (Å²) >= 11 is 0. The van der Waals surface area contributed by atoms with Gasteiger partial charge in [-0.2, -0.15) is 0 Å². The summed E-state index contributed by atoms with van der Waals surface area (Å²) in [6, 6.07) is 12.2. The fourth-order valence-corrected chi connectivity index (χ4v) is 3.57. The quantitative estimate of drug-likeness (QED) is 0.269. The van der Waals surface area contributed by atoms with Gasteiger partial charge in [-0.1, -0.05) is 19.1 Å². The Kier molecular flexibility index (Phi) is 9.91. The van der Waals surface area contributed by atoms with Gasteiger partial charge in [0, 0.05) is 23.5 Å². The first kappa shape index (κ1) is 29.0. The molecular formula is C28H35N5O6. The lowest BCUT2D eigenvalue weighted by Gasteiger charge is -2.21. The van der Waals surface area contributed by atoms with E-state index >= 15 is 0 Å². The van der Waals surface area contributed by atoms with Gasteiger partial charge in [-0.15, -0.1) is 0 Å². The molecule has 0 saturated carbocycles. The minimum atomic E-state index is -0.618. The molecule has 0 aliphatic rings. The summed E-state index contributed by atoms with van der Waals surface area (Å²) in [5, 5.41) is 10.9. The van der Waals surface area contributed by atoms with Crippen LogP contribution in [-0.2, 0) is 16.0 Å². The van der Waals surface area contributed by atoms with Gasteiger partial charge in [-0.25, -0.2) is 19.4 Å². The van der Waals surface area contributed by atoms with E-state index in [-0.39, 0.29) is 13.1 Å². The molecular weight excluding hydrogens is 502 g/mol. The van der Waals surface area contributed by atoms with Crippen LogP contribution < -0.4 is 21.3 Å². The van der Waals surface area contributed by atoms with E-state index in [1.807, 2.05) is 32.0 Å². The van der Waals surface area contributed by atoms with Crippen LogP contribution in [0.4, 0.5) is 25.8 Å². The monoisotopic (exact) mass is 537 g/mol. The Morgan fingerprint density at radius 2 is 1.74 bits per heavy atom. The van der Waals surface area contributed by atoms with Crippen LogP contribution in [0, 0.1) is 6.92 Å². The number of ether oxygens (including phenoxy) is 2. The highest BCUT2D eigenvalue weighted by Crippen LogP contribution is 2.25. The molecule has 3 aromatic rings. The molecule has 1 aromatic heterocycles. The fraction of sp³-hybridized carbons (Fsp3) is 0.357. The topological polar surface area (TPSA) is 144 Å². The molecule has 11 nitrogen and oxygen atoms in total. The van der Waals surface area contributed by atoms with Crippen molar-refractivity contribution in [2.24, 2.45) is 0 Å². The van der Waals surface area contributed by atoms with E-state index in [0.717, 1.165) is 16.7 Å². The maximum atomic E-state index is 12.5. The number of benzene rings is 2. The second-order valence-corrected chi connectivity index (χ2v) is 9.85. The van der Waals surface area contributed by atoms with Crippen molar-refractivity contribution < 1.29 is 28.3 Å². The summed E-state index contributed by atoms with van der Waals surface area (Å²) in [5.41, 5.74) is 3.15. The lowest BCUT2D eigenvalue weighted by Crippen LogP contribution is -2.39. The molecule has 1 unspecified atom stereocenters. The van der Waals surface area contributed by atoms with Gasteiger partial charge in [0.1, 0.15) is 11.7 Å². The normalized spacial score (nSPS) is 11.7. The van der Waals surface area contributed by atoms with Crippen molar-refractivity contribution in [3.63, 3.8) is 0 Å². The van der Waals surface area contributed by atoms with E-state index in [0.29, 0.717) is 23.6 Å². The van der Waals surface area contributed by atoms with Crippen LogP contribution in [0.25, 0.3) is 11.3 Å². The number of rotatable bonds is 9. The summed E-state index contributed by atoms with van der Waals surface area (Å²) in [5.74, 6) is 0.653. The number of aryl methyl sites for hydroxylation is 1. The molecule has 2 aromatic carbocycles. The van der Waals surface area contributed by atoms with Crippen molar-refractivity contribution in [3.8, 4) is 11.3 Å². The van der Waals surface area contributed by atoms with E-state index in [1.165, 1.54) is 6.39 Å². The highest BCUT2D eigenvalue weighted by Gasteiger charge is 2.19. The van der Waals surface area contributed by atoms with Crippen LogP contribution in [0.5, 0.6) is 0 Å². The maximum Gasteiger partial charge on any atom is 0.407 e. The highest BCUT2D eigenvalue weighted by atomic mass is 16.6. The lowest BCUT2D eigenvalue weighted by atomic mass is 10.1. The number of nitrogens with zero attached hydrogens (tertiary/aromatic N) is 1. The molecule has 0 saturated heterocycles. The minimum absolute atomic E-state index is 0.135. The average molecular weight is 538 g/mol. The summed E-state index contributed by atoms with van der Waals surface area (Å²) < 4.78 is 15.9. The molecule has 0 fully saturated rings. The molecule has 0 aliphatic heterocycles. The molecule has 1 atom stereocenters. The number of alkyl carbamates (subject to hydrolysis) is 2. The fourth-order valence-electron chi connectivity index (χ4n) is 3.57. The second-order valence-electron chi connectivity index (χ2n) is 9.85. The zero-order valence-corrected chi connectivity index (χ0v) is 22.8. The Bertz CT molecular complexity index is 1270. The first-order valence-electron chi connectivity index (χ1n) is 12.6. The summed E-state index contributed by atoms with van der Waals surface area (Å²) in [6.45, 7) is 9.40. The largest absolute Gasteiger partial charge is 0.444 e. The van der Waals surface area contributed by atoms with Gasteiger partial charge in [0.2, 0.25) is 0 Å². The smallest absolute Gasteiger partial charge is 0.407 e. The minimum Gasteiger partial charge on any atom is -0.444 e. The lowest BCUT2D eigenvalue weighted by molar-refractivity contribution is 0.0464. The van der Waals surface area contributed by atoms with Gasteiger partial charge in [0.25, 0.3) is 0 Å². The number of aromatic nitrogens is 1. The number of hydrogen-bond donors (Lipinski definition) is 4. The number of carbonyl (C=O) groups excluding carboxylic acids is 3. The maximum absolute atomic E-state index is 12.5. The Hall–Kier alpha value is -4.54. The van der Waals surface area contributed by atoms with Crippen molar-refractivity contribution in [3.05, 3.63) is 66.2 Å². The van der Waals surface area contributed by atoms with Crippen LogP contribution in [0.1, 0.15) is 45.2 Å². The van der Waals surface area contributed by atoms with Gasteiger partial charge in [-0.3, -0.25) is 0 Å². The molecule has 0 bridgehead atoms. The van der Waals surface area contributed by atoms with Crippen molar-refractivity contribution >= 4 is 29.6 Å². The number of oxazole rings is 1. The van der Waals surface area contributed by atoms with Gasteiger partial charge in [0.05, 0.1) is 12.7 Å². The number of anilines is 2. The molecule has 0 spiro atoms. The van der Waals surface area contributed by atoms with Crippen LogP contribution in [-0.4, -0.2) is 41.5 Å². The molecule has 0 aliphatic carbocycles. The second kappa shape index (κ2) is 13.3. The van der Waals surface area contributed by atoms with E-state index in [2.05, 4.69) is 26.3 Å². The average Bonchev–Trinajstić information content (AvgIpc) is 3.39. The van der Waals surface area contributed by atoms with Gasteiger partial charge >= 0.3 is 18.2 Å². The highest BCUT2D eigenvalue weighted by molar-refractivity contribution is 6.00. The van der Waals surface area contributed by atoms with E-state index in [4.69, 9.17) is 13.9 Å². The number of carbonyl (C=O) groups is 3. The molecule has 3 rings (SSSR count). The zero-order valence-electron chi connectivity index (χ0n) is 22.8. The van der Waals surface area contributed by atoms with Crippen molar-refractivity contribution in [2.45, 2.75) is 59.3 Å². The third-order valence-corrected chi connectivity index (χ3v) is 5.41. The Morgan fingerprint density at radius 3 is 2.38 bits per heavy atom. The number of urea groups is 1. The number of hydrogen-bond acceptors (Lipinski definition) is 7. The third-order valence-electron chi connectivity index (χ3n) is 5.41. The van der Waals surface area contributed by atoms with Crippen LogP contribution in [0.15, 0.2) is 59.5 Å². The van der Waals surface area contributed by atoms with Crippen molar-refractivity contribution in [1.29, 1.82) is 0 Å². The molecule has 4 amide bonds. The van der Waals surface area contributed by atoms with Crippen molar-refractivity contribution in [1.82, 2.24) is 15.6 Å². The standard InChI is InChI=1S/C28H35N5O6/c1-6-22(15-31-27(36)39-28(3,4)5)38-26(35)30-14-19-8-7-9-20(13-19)32-25(34)33-21-10-11-23(18(2)12-21)24-16-29-17-37-24/h7-13,16-17,22H,6,14-15H2,1-5H3,(H,30,35)(H,31,36)(H2,32,33,34). The molecule has 0 radical (unpaired) electrons. The Balaban J connectivity index is 1.46. The van der Waals surface area contributed by atoms with Gasteiger partial charge in [-0.05, 0) is 75.6 Å². The first-order chi connectivity index (χ1) is 18.5. The molecule has 39 heavy (non-hydrogen) atoms. The van der Waals surface area contributed by atoms with Crippen molar-refractivity contribution in [2.75, 3.05) is 17.2 Å².